The molecule has 3 aromatic rings. The molecule has 0 atom stereocenters. The van der Waals surface area contributed by atoms with E-state index in [2.05, 4.69) is 25.8 Å². The lowest BCUT2D eigenvalue weighted by Gasteiger charge is -2.10. The number of rotatable bonds is 7. The van der Waals surface area contributed by atoms with Crippen molar-refractivity contribution in [1.29, 1.82) is 0 Å². The molecule has 0 aliphatic heterocycles. The van der Waals surface area contributed by atoms with Crippen molar-refractivity contribution in [3.05, 3.63) is 52.4 Å². The van der Waals surface area contributed by atoms with Gasteiger partial charge in [0.15, 0.2) is 11.5 Å². The van der Waals surface area contributed by atoms with Crippen molar-refractivity contribution < 1.29 is 24.2 Å². The third kappa shape index (κ3) is 4.35. The zero-order valence-electron chi connectivity index (χ0n) is 15.9. The maximum atomic E-state index is 12.5. The summed E-state index contributed by atoms with van der Waals surface area (Å²) in [5, 5.41) is 15.5. The number of nitrogens with zero attached hydrogens (tertiary/aromatic N) is 1. The van der Waals surface area contributed by atoms with Crippen molar-refractivity contribution in [2.75, 3.05) is 17.9 Å². The summed E-state index contributed by atoms with van der Waals surface area (Å²) in [7, 11) is 1.38. The number of carboxylic acid groups (broad SMARTS) is 1. The van der Waals surface area contributed by atoms with Crippen LogP contribution in [0.5, 0.6) is 5.75 Å². The molecule has 0 aliphatic rings. The first-order valence-electron chi connectivity index (χ1n) is 8.58. The van der Waals surface area contributed by atoms with E-state index in [9.17, 15) is 19.2 Å². The number of methoxy groups -OCH3 is 1. The Bertz CT molecular complexity index is 1240. The monoisotopic (exact) mass is 411 g/mol. The van der Waals surface area contributed by atoms with Crippen LogP contribution >= 0.6 is 0 Å². The van der Waals surface area contributed by atoms with E-state index in [0.29, 0.717) is 16.7 Å². The molecule has 154 valence electrons. The average Bonchev–Trinajstić information content (AvgIpc) is 3.06. The topological polar surface area (TPSA) is 166 Å². The second-order valence-corrected chi connectivity index (χ2v) is 6.14. The molecule has 0 unspecified atom stereocenters. The molecule has 1 aromatic heterocycles. The number of carboxylic acids is 1. The number of ether oxygens (including phenoxy) is 1. The number of hydrogen-bond donors (Lipinski definition) is 5. The Morgan fingerprint density at radius 1 is 1.07 bits per heavy atom. The van der Waals surface area contributed by atoms with E-state index < -0.39 is 23.4 Å². The van der Waals surface area contributed by atoms with E-state index >= 15 is 0 Å². The SMILES string of the molecule is COc1ccc(C(=O)O)cc1N/N=C(/C(C)=O)C(=O)Nc1ccc2[nH]c(=O)[nH]c2c1. The summed E-state index contributed by atoms with van der Waals surface area (Å²) in [5.74, 6) is -2.30. The van der Waals surface area contributed by atoms with Crippen LogP contribution in [-0.4, -0.2) is 45.6 Å². The Morgan fingerprint density at radius 3 is 2.47 bits per heavy atom. The lowest BCUT2D eigenvalue weighted by atomic mass is 10.2. The van der Waals surface area contributed by atoms with Crippen LogP contribution < -0.4 is 21.2 Å². The van der Waals surface area contributed by atoms with Gasteiger partial charge in [0.05, 0.1) is 29.4 Å². The minimum atomic E-state index is -1.16. The van der Waals surface area contributed by atoms with Crippen LogP contribution in [0.25, 0.3) is 11.0 Å². The van der Waals surface area contributed by atoms with Gasteiger partial charge in [0, 0.05) is 12.6 Å². The minimum Gasteiger partial charge on any atom is -0.495 e. The molecule has 30 heavy (non-hydrogen) atoms. The summed E-state index contributed by atoms with van der Waals surface area (Å²) >= 11 is 0. The van der Waals surface area contributed by atoms with Crippen LogP contribution in [0.3, 0.4) is 0 Å². The van der Waals surface area contributed by atoms with Crippen molar-refractivity contribution >= 4 is 45.8 Å². The number of anilines is 2. The van der Waals surface area contributed by atoms with Crippen LogP contribution in [-0.2, 0) is 9.59 Å². The van der Waals surface area contributed by atoms with Crippen LogP contribution in [0.4, 0.5) is 11.4 Å². The number of aromatic carboxylic acids is 1. The number of aromatic amines is 2. The zero-order chi connectivity index (χ0) is 21.8. The smallest absolute Gasteiger partial charge is 0.335 e. The van der Waals surface area contributed by atoms with Gasteiger partial charge in [-0.3, -0.25) is 15.0 Å². The summed E-state index contributed by atoms with van der Waals surface area (Å²) in [5.41, 5.74) is 3.18. The second-order valence-electron chi connectivity index (χ2n) is 6.14. The molecule has 2 aromatic carbocycles. The molecule has 1 heterocycles. The minimum absolute atomic E-state index is 0.0314. The van der Waals surface area contributed by atoms with E-state index in [-0.39, 0.29) is 22.7 Å². The van der Waals surface area contributed by atoms with Crippen LogP contribution in [0.15, 0.2) is 46.3 Å². The van der Waals surface area contributed by atoms with Gasteiger partial charge < -0.3 is 25.1 Å². The number of aromatic nitrogens is 2. The Labute approximate surface area is 168 Å². The number of hydrogen-bond acceptors (Lipinski definition) is 7. The van der Waals surface area contributed by atoms with Gasteiger partial charge in [0.1, 0.15) is 5.75 Å². The lowest BCUT2D eigenvalue weighted by molar-refractivity contribution is -0.114. The number of carbonyl (C=O) groups excluding carboxylic acids is 2. The molecular weight excluding hydrogens is 394 g/mol. The molecule has 3 rings (SSSR count). The highest BCUT2D eigenvalue weighted by Crippen LogP contribution is 2.25. The maximum Gasteiger partial charge on any atom is 0.335 e. The molecule has 0 radical (unpaired) electrons. The van der Waals surface area contributed by atoms with Crippen LogP contribution in [0.1, 0.15) is 17.3 Å². The highest BCUT2D eigenvalue weighted by atomic mass is 16.5. The first-order chi connectivity index (χ1) is 14.3. The summed E-state index contributed by atoms with van der Waals surface area (Å²) in [6.45, 7) is 1.16. The molecule has 0 aliphatic carbocycles. The van der Waals surface area contributed by atoms with E-state index in [1.807, 2.05) is 0 Å². The Morgan fingerprint density at radius 2 is 1.80 bits per heavy atom. The highest BCUT2D eigenvalue weighted by Gasteiger charge is 2.18. The summed E-state index contributed by atoms with van der Waals surface area (Å²) in [4.78, 5) is 52.1. The molecule has 11 heteroatoms. The van der Waals surface area contributed by atoms with Crippen molar-refractivity contribution in [1.82, 2.24) is 9.97 Å². The predicted octanol–water partition coefficient (Wildman–Crippen LogP) is 1.56. The van der Waals surface area contributed by atoms with E-state index in [1.54, 1.807) is 12.1 Å². The third-order valence-electron chi connectivity index (χ3n) is 4.06. The van der Waals surface area contributed by atoms with Gasteiger partial charge in [0.2, 0.25) is 0 Å². The fourth-order valence-electron chi connectivity index (χ4n) is 2.63. The van der Waals surface area contributed by atoms with Crippen LogP contribution in [0.2, 0.25) is 0 Å². The highest BCUT2D eigenvalue weighted by molar-refractivity contribution is 6.67. The molecule has 0 saturated carbocycles. The number of benzene rings is 2. The van der Waals surface area contributed by atoms with Crippen LogP contribution in [0, 0.1) is 0 Å². The van der Waals surface area contributed by atoms with Gasteiger partial charge in [-0.1, -0.05) is 0 Å². The Hall–Kier alpha value is -4.41. The Balaban J connectivity index is 1.85. The quantitative estimate of drug-likeness (QED) is 0.223. The standard InChI is InChI=1S/C19H17N5O6/c1-9(25)16(24-23-14-7-10(18(27)28)3-6-15(14)30-2)17(26)20-11-4-5-12-13(8-11)22-19(29)21-12/h3-8,23H,1-2H3,(H,20,26)(H,27,28)(H2,21,22,29)/b24-16-. The fraction of sp³-hybridized carbons (Fsp3) is 0.105. The third-order valence-corrected chi connectivity index (χ3v) is 4.06. The summed E-state index contributed by atoms with van der Waals surface area (Å²) in [6, 6.07) is 8.69. The Kier molecular flexibility index (Phi) is 5.63. The molecule has 1 amide bonds. The molecular formula is C19H17N5O6. The van der Waals surface area contributed by atoms with Crippen molar-refractivity contribution in [3.8, 4) is 5.75 Å². The van der Waals surface area contributed by atoms with Gasteiger partial charge in [-0.15, -0.1) is 0 Å². The van der Waals surface area contributed by atoms with Gasteiger partial charge in [-0.05, 0) is 36.4 Å². The molecule has 0 saturated heterocycles. The predicted molar refractivity (Wildman–Crippen MR) is 109 cm³/mol. The van der Waals surface area contributed by atoms with E-state index in [4.69, 9.17) is 9.84 Å². The number of Topliss-reactive ketones (excluding diaryl/α,β-unsaturated/α-hetero) is 1. The number of nitrogens with one attached hydrogen (secondary N) is 4. The average molecular weight is 411 g/mol. The van der Waals surface area contributed by atoms with Gasteiger partial charge in [-0.2, -0.15) is 5.10 Å². The molecule has 5 N–H and O–H groups in total. The first kappa shape index (κ1) is 20.3. The zero-order valence-corrected chi connectivity index (χ0v) is 15.9. The first-order valence-corrected chi connectivity index (χ1v) is 8.58. The maximum absolute atomic E-state index is 12.5. The molecule has 0 spiro atoms. The summed E-state index contributed by atoms with van der Waals surface area (Å²) in [6.07, 6.45) is 0. The molecule has 11 nitrogen and oxygen atoms in total. The second kappa shape index (κ2) is 8.31. The van der Waals surface area contributed by atoms with Gasteiger partial charge >= 0.3 is 11.7 Å². The normalized spacial score (nSPS) is 11.2. The number of ketones is 1. The number of hydrazone groups is 1. The van der Waals surface area contributed by atoms with Gasteiger partial charge in [-0.25, -0.2) is 9.59 Å². The van der Waals surface area contributed by atoms with Gasteiger partial charge in [0.25, 0.3) is 5.91 Å². The number of fused-ring (bicyclic) bond motifs is 1. The van der Waals surface area contributed by atoms with Crippen molar-refractivity contribution in [2.24, 2.45) is 5.10 Å². The number of imidazole rings is 1. The molecule has 0 bridgehead atoms. The largest absolute Gasteiger partial charge is 0.495 e. The van der Waals surface area contributed by atoms with Crippen molar-refractivity contribution in [3.63, 3.8) is 0 Å². The summed E-state index contributed by atoms with van der Waals surface area (Å²) < 4.78 is 5.13. The molecule has 0 fully saturated rings. The number of H-pyrrole nitrogens is 2. The lowest BCUT2D eigenvalue weighted by Crippen LogP contribution is -2.29. The number of carbonyl (C=O) groups is 3. The van der Waals surface area contributed by atoms with Crippen molar-refractivity contribution in [2.45, 2.75) is 6.92 Å². The van der Waals surface area contributed by atoms with E-state index in [1.165, 1.54) is 31.4 Å². The fourth-order valence-corrected chi connectivity index (χ4v) is 2.63. The number of amides is 1. The van der Waals surface area contributed by atoms with E-state index in [0.717, 1.165) is 6.92 Å².